The first-order chi connectivity index (χ1) is 8.95. The molecule has 2 rings (SSSR count). The molecule has 1 aromatic heterocycles. The second kappa shape index (κ2) is 5.28. The number of anilines is 2. The maximum absolute atomic E-state index is 11.9. The minimum Gasteiger partial charge on any atom is -0.374 e. The third kappa shape index (κ3) is 3.23. The first-order valence-corrected chi connectivity index (χ1v) is 6.42. The van der Waals surface area contributed by atoms with E-state index in [1.165, 1.54) is 18.2 Å². The molecule has 19 heavy (non-hydrogen) atoms. The molecule has 0 spiro atoms. The van der Waals surface area contributed by atoms with E-state index in [4.69, 9.17) is 5.73 Å². The van der Waals surface area contributed by atoms with Crippen LogP contribution < -0.4 is 11.1 Å². The summed E-state index contributed by atoms with van der Waals surface area (Å²) in [6, 6.07) is 3.94. The van der Waals surface area contributed by atoms with Crippen LogP contribution in [-0.2, 0) is 0 Å². The number of benzene rings is 1. The van der Waals surface area contributed by atoms with Gasteiger partial charge in [-0.2, -0.15) is 0 Å². The number of amides is 1. The number of nitrogens with two attached hydrogens (primary N) is 1. The molecule has 8 nitrogen and oxygen atoms in total. The zero-order valence-corrected chi connectivity index (χ0v) is 11.6. The molecule has 98 valence electrons. The molecule has 0 aliphatic rings. The van der Waals surface area contributed by atoms with Crippen LogP contribution in [0.2, 0.25) is 0 Å². The Morgan fingerprint density at radius 3 is 2.74 bits per heavy atom. The summed E-state index contributed by atoms with van der Waals surface area (Å²) in [5.74, 6) is -0.527. The second-order valence-corrected chi connectivity index (χ2v) is 5.28. The summed E-state index contributed by atoms with van der Waals surface area (Å²) in [4.78, 5) is 22.0. The number of halogens is 1. The number of non-ortho nitro benzene ring substituents is 1. The van der Waals surface area contributed by atoms with Crippen molar-refractivity contribution in [1.29, 1.82) is 0 Å². The number of rotatable bonds is 3. The van der Waals surface area contributed by atoms with Crippen LogP contribution in [0.5, 0.6) is 0 Å². The minimum absolute atomic E-state index is 0.134. The summed E-state index contributed by atoms with van der Waals surface area (Å²) in [6.45, 7) is 0. The quantitative estimate of drug-likeness (QED) is 0.649. The Bertz CT molecular complexity index is 659. The molecular weight excluding hydrogens is 338 g/mol. The molecule has 0 radical (unpaired) electrons. The number of aromatic nitrogens is 2. The van der Waals surface area contributed by atoms with Crippen molar-refractivity contribution in [3.63, 3.8) is 0 Å². The van der Waals surface area contributed by atoms with Gasteiger partial charge in [-0.05, 0) is 6.07 Å². The molecule has 0 bridgehead atoms. The molecular formula is C9H6BrN5O3S. The zero-order chi connectivity index (χ0) is 14.0. The SMILES string of the molecule is Nc1nnc(NC(=O)c2cc(Br)cc([N+](=O)[O-])c2)s1. The Labute approximate surface area is 118 Å². The largest absolute Gasteiger partial charge is 0.374 e. The molecule has 0 aliphatic heterocycles. The Balaban J connectivity index is 2.26. The van der Waals surface area contributed by atoms with Gasteiger partial charge in [0.15, 0.2) is 0 Å². The van der Waals surface area contributed by atoms with E-state index in [0.29, 0.717) is 4.47 Å². The Kier molecular flexibility index (Phi) is 3.71. The first kappa shape index (κ1) is 13.4. The van der Waals surface area contributed by atoms with Gasteiger partial charge in [-0.15, -0.1) is 10.2 Å². The summed E-state index contributed by atoms with van der Waals surface area (Å²) in [7, 11) is 0. The summed E-state index contributed by atoms with van der Waals surface area (Å²) in [5.41, 5.74) is 5.33. The van der Waals surface area contributed by atoms with E-state index >= 15 is 0 Å². The molecule has 0 aliphatic carbocycles. The highest BCUT2D eigenvalue weighted by atomic mass is 79.9. The molecule has 1 heterocycles. The Morgan fingerprint density at radius 1 is 1.42 bits per heavy atom. The lowest BCUT2D eigenvalue weighted by atomic mass is 10.2. The highest BCUT2D eigenvalue weighted by Gasteiger charge is 2.15. The number of nitrogens with zero attached hydrogens (tertiary/aromatic N) is 3. The monoisotopic (exact) mass is 343 g/mol. The molecule has 0 saturated carbocycles. The number of carbonyl (C=O) groups is 1. The van der Waals surface area contributed by atoms with Crippen molar-refractivity contribution in [3.05, 3.63) is 38.3 Å². The molecule has 0 unspecified atom stereocenters. The van der Waals surface area contributed by atoms with E-state index in [-0.39, 0.29) is 21.5 Å². The number of nitrogens with one attached hydrogen (secondary N) is 1. The van der Waals surface area contributed by atoms with E-state index in [9.17, 15) is 14.9 Å². The highest BCUT2D eigenvalue weighted by Crippen LogP contribution is 2.23. The van der Waals surface area contributed by atoms with E-state index in [1.807, 2.05) is 0 Å². The molecule has 0 fully saturated rings. The van der Waals surface area contributed by atoms with Crippen molar-refractivity contribution >= 4 is 49.1 Å². The van der Waals surface area contributed by atoms with Crippen LogP contribution in [0.15, 0.2) is 22.7 Å². The van der Waals surface area contributed by atoms with Gasteiger partial charge in [-0.3, -0.25) is 20.2 Å². The topological polar surface area (TPSA) is 124 Å². The van der Waals surface area contributed by atoms with Crippen molar-refractivity contribution < 1.29 is 9.72 Å². The molecule has 1 amide bonds. The van der Waals surface area contributed by atoms with Crippen molar-refractivity contribution in [2.45, 2.75) is 0 Å². The average molecular weight is 344 g/mol. The number of nitrogen functional groups attached to an aromatic ring is 1. The number of hydrogen-bond donors (Lipinski definition) is 2. The Hall–Kier alpha value is -2.07. The van der Waals surface area contributed by atoms with Crippen molar-refractivity contribution in [2.24, 2.45) is 0 Å². The zero-order valence-electron chi connectivity index (χ0n) is 9.16. The average Bonchev–Trinajstić information content (AvgIpc) is 2.73. The van der Waals surface area contributed by atoms with Gasteiger partial charge >= 0.3 is 0 Å². The fraction of sp³-hybridized carbons (Fsp3) is 0. The van der Waals surface area contributed by atoms with Crippen LogP contribution in [0, 0.1) is 10.1 Å². The third-order valence-corrected chi connectivity index (χ3v) is 3.14. The predicted molar refractivity (Wildman–Crippen MR) is 73.1 cm³/mol. The van der Waals surface area contributed by atoms with Crippen LogP contribution in [0.25, 0.3) is 0 Å². The lowest BCUT2D eigenvalue weighted by molar-refractivity contribution is -0.384. The van der Waals surface area contributed by atoms with E-state index < -0.39 is 10.8 Å². The van der Waals surface area contributed by atoms with E-state index in [1.54, 1.807) is 0 Å². The van der Waals surface area contributed by atoms with Crippen LogP contribution in [0.4, 0.5) is 16.0 Å². The minimum atomic E-state index is -0.579. The second-order valence-electron chi connectivity index (χ2n) is 3.35. The molecule has 10 heteroatoms. The van der Waals surface area contributed by atoms with Crippen LogP contribution in [0.1, 0.15) is 10.4 Å². The van der Waals surface area contributed by atoms with Gasteiger partial charge in [0.05, 0.1) is 4.92 Å². The van der Waals surface area contributed by atoms with Crippen LogP contribution in [0.3, 0.4) is 0 Å². The standard InChI is InChI=1S/C9H6BrN5O3S/c10-5-1-4(2-6(3-5)15(17)18)7(16)12-9-14-13-8(11)19-9/h1-3H,(H2,11,13)(H,12,14,16). The molecule has 2 aromatic rings. The van der Waals surface area contributed by atoms with Gasteiger partial charge in [-0.1, -0.05) is 27.3 Å². The first-order valence-electron chi connectivity index (χ1n) is 4.81. The fourth-order valence-corrected chi connectivity index (χ4v) is 2.25. The molecule has 0 atom stereocenters. The maximum Gasteiger partial charge on any atom is 0.271 e. The van der Waals surface area contributed by atoms with Crippen molar-refractivity contribution in [1.82, 2.24) is 10.2 Å². The number of nitro benzene ring substituents is 1. The van der Waals surface area contributed by atoms with Gasteiger partial charge in [0.2, 0.25) is 10.3 Å². The van der Waals surface area contributed by atoms with Gasteiger partial charge in [0.25, 0.3) is 11.6 Å². The summed E-state index contributed by atoms with van der Waals surface area (Å²) in [5, 5.41) is 20.8. The van der Waals surface area contributed by atoms with Gasteiger partial charge in [0.1, 0.15) is 0 Å². The highest BCUT2D eigenvalue weighted by molar-refractivity contribution is 9.10. The van der Waals surface area contributed by atoms with Gasteiger partial charge < -0.3 is 5.73 Å². The van der Waals surface area contributed by atoms with E-state index in [2.05, 4.69) is 31.4 Å². The number of carbonyl (C=O) groups excluding carboxylic acids is 1. The number of hydrogen-bond acceptors (Lipinski definition) is 7. The Morgan fingerprint density at radius 2 is 2.16 bits per heavy atom. The summed E-state index contributed by atoms with van der Waals surface area (Å²) in [6.07, 6.45) is 0. The van der Waals surface area contributed by atoms with Crippen LogP contribution in [-0.4, -0.2) is 21.0 Å². The lowest BCUT2D eigenvalue weighted by Crippen LogP contribution is -2.12. The smallest absolute Gasteiger partial charge is 0.271 e. The molecule has 0 saturated heterocycles. The molecule has 3 N–H and O–H groups in total. The number of nitro groups is 1. The third-order valence-electron chi connectivity index (χ3n) is 2.02. The summed E-state index contributed by atoms with van der Waals surface area (Å²) < 4.78 is 0.434. The summed E-state index contributed by atoms with van der Waals surface area (Å²) >= 11 is 4.11. The molecule has 1 aromatic carbocycles. The van der Waals surface area contributed by atoms with Crippen molar-refractivity contribution in [3.8, 4) is 0 Å². The lowest BCUT2D eigenvalue weighted by Gasteiger charge is -2.02. The van der Waals surface area contributed by atoms with E-state index in [0.717, 1.165) is 11.3 Å². The van der Waals surface area contributed by atoms with Crippen molar-refractivity contribution in [2.75, 3.05) is 11.1 Å². The van der Waals surface area contributed by atoms with Crippen LogP contribution >= 0.6 is 27.3 Å². The van der Waals surface area contributed by atoms with Gasteiger partial charge in [0, 0.05) is 22.2 Å². The van der Waals surface area contributed by atoms with Gasteiger partial charge in [-0.25, -0.2) is 0 Å². The maximum atomic E-state index is 11.9. The predicted octanol–water partition coefficient (Wildman–Crippen LogP) is 2.04. The fourth-order valence-electron chi connectivity index (χ4n) is 1.27. The normalized spacial score (nSPS) is 10.2.